The van der Waals surface area contributed by atoms with Crippen molar-refractivity contribution in [3.05, 3.63) is 11.1 Å². The lowest BCUT2D eigenvalue weighted by atomic mass is 10.1. The maximum atomic E-state index is 10.9. The predicted octanol–water partition coefficient (Wildman–Crippen LogP) is 0.880. The molecule has 0 aliphatic carbocycles. The lowest BCUT2D eigenvalue weighted by Gasteiger charge is -2.12. The lowest BCUT2D eigenvalue weighted by Crippen LogP contribution is -2.28. The van der Waals surface area contributed by atoms with Crippen LogP contribution in [0.15, 0.2) is 5.38 Å². The average Bonchev–Trinajstić information content (AvgIpc) is 2.75. The molecule has 17 heavy (non-hydrogen) atoms. The van der Waals surface area contributed by atoms with Crippen molar-refractivity contribution in [1.29, 1.82) is 0 Å². The summed E-state index contributed by atoms with van der Waals surface area (Å²) in [6, 6.07) is 0.267. The molecular formula is C11H18N4OS. The summed E-state index contributed by atoms with van der Waals surface area (Å²) in [4.78, 5) is 17.6. The molecule has 0 radical (unpaired) electrons. The van der Waals surface area contributed by atoms with Gasteiger partial charge in [0.2, 0.25) is 5.91 Å². The van der Waals surface area contributed by atoms with E-state index in [-0.39, 0.29) is 11.9 Å². The Labute approximate surface area is 105 Å². The Morgan fingerprint density at radius 3 is 3.06 bits per heavy atom. The van der Waals surface area contributed by atoms with E-state index in [0.717, 1.165) is 25.3 Å². The minimum Gasteiger partial charge on any atom is -0.326 e. The number of likely N-dealkylation sites (tertiary alicyclic amines) is 1. The Morgan fingerprint density at radius 2 is 2.47 bits per heavy atom. The van der Waals surface area contributed by atoms with E-state index in [2.05, 4.69) is 22.1 Å². The molecule has 6 heteroatoms. The van der Waals surface area contributed by atoms with Gasteiger partial charge in [-0.3, -0.25) is 9.69 Å². The van der Waals surface area contributed by atoms with E-state index in [9.17, 15) is 4.79 Å². The van der Waals surface area contributed by atoms with Crippen molar-refractivity contribution >= 4 is 22.4 Å². The molecular weight excluding hydrogens is 236 g/mol. The number of nitrogens with zero attached hydrogens (tertiary/aromatic N) is 2. The first-order chi connectivity index (χ1) is 8.04. The Balaban J connectivity index is 1.91. The van der Waals surface area contributed by atoms with E-state index in [1.54, 1.807) is 0 Å². The zero-order chi connectivity index (χ0) is 12.4. The van der Waals surface area contributed by atoms with Gasteiger partial charge in [0.05, 0.1) is 5.69 Å². The van der Waals surface area contributed by atoms with Crippen LogP contribution in [0.25, 0.3) is 0 Å². The number of hydrogen-bond donors (Lipinski definition) is 2. The van der Waals surface area contributed by atoms with E-state index in [1.807, 2.05) is 5.38 Å². The molecule has 1 aromatic heterocycles. The first-order valence-corrected chi connectivity index (χ1v) is 6.62. The number of carbonyl (C=O) groups excluding carboxylic acids is 1. The highest BCUT2D eigenvalue weighted by Gasteiger charge is 2.26. The summed E-state index contributed by atoms with van der Waals surface area (Å²) in [5.41, 5.74) is 6.98. The average molecular weight is 254 g/mol. The van der Waals surface area contributed by atoms with Crippen LogP contribution < -0.4 is 11.1 Å². The van der Waals surface area contributed by atoms with Gasteiger partial charge >= 0.3 is 0 Å². The third kappa shape index (κ3) is 3.24. The highest BCUT2D eigenvalue weighted by Crippen LogP contribution is 2.20. The Morgan fingerprint density at radius 1 is 1.71 bits per heavy atom. The summed E-state index contributed by atoms with van der Waals surface area (Å²) in [5.74, 6) is 0.464. The van der Waals surface area contributed by atoms with Gasteiger partial charge in [-0.05, 0) is 5.92 Å². The molecule has 0 spiro atoms. The van der Waals surface area contributed by atoms with Crippen LogP contribution in [0.5, 0.6) is 0 Å². The monoisotopic (exact) mass is 254 g/mol. The molecule has 94 valence electrons. The van der Waals surface area contributed by atoms with Crippen molar-refractivity contribution in [2.24, 2.45) is 11.7 Å². The number of rotatable bonds is 3. The molecule has 0 saturated carbocycles. The minimum atomic E-state index is -0.0808. The quantitative estimate of drug-likeness (QED) is 0.840. The number of thiazole rings is 1. The number of amides is 1. The lowest BCUT2D eigenvalue weighted by molar-refractivity contribution is -0.114. The van der Waals surface area contributed by atoms with E-state index in [1.165, 1.54) is 18.3 Å². The summed E-state index contributed by atoms with van der Waals surface area (Å²) >= 11 is 1.46. The Hall–Kier alpha value is -0.980. The molecule has 2 unspecified atom stereocenters. The molecule has 1 amide bonds. The second-order valence-corrected chi connectivity index (χ2v) is 5.52. The van der Waals surface area contributed by atoms with Gasteiger partial charge in [-0.1, -0.05) is 6.92 Å². The molecule has 5 nitrogen and oxygen atoms in total. The summed E-state index contributed by atoms with van der Waals surface area (Å²) in [7, 11) is 0. The number of nitrogens with two attached hydrogens (primary N) is 1. The van der Waals surface area contributed by atoms with E-state index >= 15 is 0 Å². The second-order valence-electron chi connectivity index (χ2n) is 4.66. The molecule has 2 rings (SSSR count). The second kappa shape index (κ2) is 5.12. The maximum Gasteiger partial charge on any atom is 0.223 e. The minimum absolute atomic E-state index is 0.0808. The van der Waals surface area contributed by atoms with E-state index in [4.69, 9.17) is 5.73 Å². The van der Waals surface area contributed by atoms with Gasteiger partial charge < -0.3 is 11.1 Å². The topological polar surface area (TPSA) is 71.2 Å². The molecule has 2 atom stereocenters. The predicted molar refractivity (Wildman–Crippen MR) is 68.8 cm³/mol. The fraction of sp³-hybridized carbons (Fsp3) is 0.636. The maximum absolute atomic E-state index is 10.9. The molecule has 1 aromatic rings. The molecule has 1 aliphatic heterocycles. The number of carbonyl (C=O) groups is 1. The summed E-state index contributed by atoms with van der Waals surface area (Å²) in [5, 5.41) is 5.35. The van der Waals surface area contributed by atoms with Crippen LogP contribution in [0.2, 0.25) is 0 Å². The molecule has 0 aromatic carbocycles. The van der Waals surface area contributed by atoms with Crippen molar-refractivity contribution in [3.63, 3.8) is 0 Å². The largest absolute Gasteiger partial charge is 0.326 e. The van der Waals surface area contributed by atoms with Crippen molar-refractivity contribution in [2.75, 3.05) is 18.4 Å². The van der Waals surface area contributed by atoms with Crippen LogP contribution in [0, 0.1) is 5.92 Å². The SMILES string of the molecule is CC(=O)Nc1nc(CN2CC(C)C(N)C2)cs1. The van der Waals surface area contributed by atoms with Crippen LogP contribution >= 0.6 is 11.3 Å². The van der Waals surface area contributed by atoms with Crippen molar-refractivity contribution < 1.29 is 4.79 Å². The summed E-state index contributed by atoms with van der Waals surface area (Å²) in [6.07, 6.45) is 0. The zero-order valence-electron chi connectivity index (χ0n) is 10.1. The zero-order valence-corrected chi connectivity index (χ0v) is 11.0. The van der Waals surface area contributed by atoms with Gasteiger partial charge in [-0.2, -0.15) is 0 Å². The van der Waals surface area contributed by atoms with Gasteiger partial charge in [0.1, 0.15) is 0 Å². The van der Waals surface area contributed by atoms with Crippen LogP contribution in [0.4, 0.5) is 5.13 Å². The number of aromatic nitrogens is 1. The van der Waals surface area contributed by atoms with Crippen LogP contribution in [-0.4, -0.2) is 34.9 Å². The van der Waals surface area contributed by atoms with Crippen molar-refractivity contribution in [1.82, 2.24) is 9.88 Å². The fourth-order valence-corrected chi connectivity index (χ4v) is 2.79. The normalized spacial score (nSPS) is 25.1. The summed E-state index contributed by atoms with van der Waals surface area (Å²) < 4.78 is 0. The van der Waals surface area contributed by atoms with Crippen molar-refractivity contribution in [2.45, 2.75) is 26.4 Å². The third-order valence-electron chi connectivity index (χ3n) is 2.97. The van der Waals surface area contributed by atoms with Gasteiger partial charge in [0.15, 0.2) is 5.13 Å². The van der Waals surface area contributed by atoms with Gasteiger partial charge in [-0.15, -0.1) is 11.3 Å². The van der Waals surface area contributed by atoms with Gasteiger partial charge in [-0.25, -0.2) is 4.98 Å². The summed E-state index contributed by atoms with van der Waals surface area (Å²) in [6.45, 7) is 6.42. The molecule has 1 saturated heterocycles. The molecule has 1 fully saturated rings. The molecule has 0 bridgehead atoms. The Kier molecular flexibility index (Phi) is 3.76. The van der Waals surface area contributed by atoms with Crippen LogP contribution in [-0.2, 0) is 11.3 Å². The van der Waals surface area contributed by atoms with Crippen LogP contribution in [0.1, 0.15) is 19.5 Å². The first kappa shape index (κ1) is 12.5. The highest BCUT2D eigenvalue weighted by atomic mass is 32.1. The Bertz CT molecular complexity index is 396. The highest BCUT2D eigenvalue weighted by molar-refractivity contribution is 7.13. The van der Waals surface area contributed by atoms with Crippen molar-refractivity contribution in [3.8, 4) is 0 Å². The standard InChI is InChI=1S/C11H18N4OS/c1-7-3-15(5-10(7)12)4-9-6-17-11(14-9)13-8(2)16/h6-7,10H,3-5,12H2,1-2H3,(H,13,14,16). The number of nitrogens with one attached hydrogen (secondary N) is 1. The molecule has 1 aliphatic rings. The number of anilines is 1. The van der Waals surface area contributed by atoms with E-state index < -0.39 is 0 Å². The fourth-order valence-electron chi connectivity index (χ4n) is 2.04. The molecule has 3 N–H and O–H groups in total. The number of hydrogen-bond acceptors (Lipinski definition) is 5. The van der Waals surface area contributed by atoms with E-state index in [0.29, 0.717) is 11.0 Å². The van der Waals surface area contributed by atoms with Gasteiger partial charge in [0.25, 0.3) is 0 Å². The molecule has 2 heterocycles. The van der Waals surface area contributed by atoms with Crippen LogP contribution in [0.3, 0.4) is 0 Å². The smallest absolute Gasteiger partial charge is 0.223 e. The third-order valence-corrected chi connectivity index (χ3v) is 3.77. The first-order valence-electron chi connectivity index (χ1n) is 5.74. The van der Waals surface area contributed by atoms with Gasteiger partial charge in [0, 0.05) is 38.0 Å².